The maximum absolute atomic E-state index is 14.2. The molecule has 154 valence electrons. The molecule has 3 aromatic rings. The molecule has 0 bridgehead atoms. The highest BCUT2D eigenvalue weighted by Gasteiger charge is 2.50. The van der Waals surface area contributed by atoms with Crippen molar-refractivity contribution in [1.82, 2.24) is 20.4 Å². The van der Waals surface area contributed by atoms with Gasteiger partial charge in [-0.2, -0.15) is 4.98 Å². The molecule has 0 aliphatic carbocycles. The first kappa shape index (κ1) is 19.7. The molecule has 9 heteroatoms. The van der Waals surface area contributed by atoms with Gasteiger partial charge in [-0.25, -0.2) is 13.6 Å². The van der Waals surface area contributed by atoms with Crippen LogP contribution in [0.4, 0.5) is 13.6 Å². The number of hydrogen-bond acceptors (Lipinski definition) is 5. The first-order chi connectivity index (χ1) is 14.3. The van der Waals surface area contributed by atoms with Crippen molar-refractivity contribution in [2.24, 2.45) is 0 Å². The minimum absolute atomic E-state index is 0.0389. The van der Waals surface area contributed by atoms with Gasteiger partial charge in [-0.3, -0.25) is 9.69 Å². The van der Waals surface area contributed by atoms with Crippen molar-refractivity contribution < 1.29 is 22.9 Å². The fourth-order valence-corrected chi connectivity index (χ4v) is 3.36. The predicted molar refractivity (Wildman–Crippen MR) is 102 cm³/mol. The van der Waals surface area contributed by atoms with Crippen LogP contribution in [0.3, 0.4) is 0 Å². The molecule has 7 nitrogen and oxygen atoms in total. The molecular formula is C21H18F2N4O3. The number of nitrogens with one attached hydrogen (secondary N) is 1. The number of aromatic nitrogens is 2. The van der Waals surface area contributed by atoms with E-state index in [1.54, 1.807) is 0 Å². The number of carbonyl (C=O) groups excluding carboxylic acids is 2. The lowest BCUT2D eigenvalue weighted by Crippen LogP contribution is -2.41. The standard InChI is InChI=1S/C21H18F2N4O3/c1-3-12-4-6-13(7-5-12)18-24-17(30-26-18)11-27-19(28)21(2,25-20(27)29)15-10-14(22)8-9-16(15)23/h4-10H,3,11H2,1-2H3,(H,25,29). The molecule has 1 aliphatic heterocycles. The van der Waals surface area contributed by atoms with Crippen LogP contribution in [0.1, 0.15) is 30.9 Å². The molecule has 0 radical (unpaired) electrons. The number of amides is 3. The lowest BCUT2D eigenvalue weighted by molar-refractivity contribution is -0.131. The van der Waals surface area contributed by atoms with Gasteiger partial charge in [0.15, 0.2) is 0 Å². The van der Waals surface area contributed by atoms with Gasteiger partial charge < -0.3 is 9.84 Å². The molecule has 1 N–H and O–H groups in total. The van der Waals surface area contributed by atoms with Crippen LogP contribution in [0, 0.1) is 11.6 Å². The minimum atomic E-state index is -1.75. The zero-order valence-corrected chi connectivity index (χ0v) is 16.3. The Bertz CT molecular complexity index is 1130. The number of nitrogens with zero attached hydrogens (tertiary/aromatic N) is 3. The van der Waals surface area contributed by atoms with Crippen molar-refractivity contribution in [3.05, 3.63) is 71.1 Å². The molecule has 1 fully saturated rings. The minimum Gasteiger partial charge on any atom is -0.337 e. The smallest absolute Gasteiger partial charge is 0.325 e. The zero-order valence-electron chi connectivity index (χ0n) is 16.3. The molecular weight excluding hydrogens is 394 g/mol. The van der Waals surface area contributed by atoms with Crippen LogP contribution in [-0.2, 0) is 23.3 Å². The van der Waals surface area contributed by atoms with Crippen LogP contribution >= 0.6 is 0 Å². The second-order valence-electron chi connectivity index (χ2n) is 7.13. The summed E-state index contributed by atoms with van der Waals surface area (Å²) in [7, 11) is 0. The Morgan fingerprint density at radius 2 is 1.87 bits per heavy atom. The molecule has 1 aromatic heterocycles. The van der Waals surface area contributed by atoms with Crippen molar-refractivity contribution in [3.63, 3.8) is 0 Å². The van der Waals surface area contributed by atoms with Crippen LogP contribution in [0.2, 0.25) is 0 Å². The SMILES string of the molecule is CCc1ccc(-c2noc(CN3C(=O)NC(C)(c4cc(F)ccc4F)C3=O)n2)cc1. The average Bonchev–Trinajstić information content (AvgIpc) is 3.29. The molecule has 2 aromatic carbocycles. The maximum Gasteiger partial charge on any atom is 0.325 e. The number of rotatable bonds is 5. The van der Waals surface area contributed by atoms with Gasteiger partial charge in [0, 0.05) is 11.1 Å². The largest absolute Gasteiger partial charge is 0.337 e. The second kappa shape index (κ2) is 7.33. The van der Waals surface area contributed by atoms with Gasteiger partial charge in [-0.15, -0.1) is 0 Å². The van der Waals surface area contributed by atoms with Gasteiger partial charge in [0.2, 0.25) is 11.7 Å². The molecule has 1 atom stereocenters. The van der Waals surface area contributed by atoms with Crippen molar-refractivity contribution in [2.75, 3.05) is 0 Å². The first-order valence-corrected chi connectivity index (χ1v) is 9.33. The van der Waals surface area contributed by atoms with E-state index in [0.29, 0.717) is 5.82 Å². The zero-order chi connectivity index (χ0) is 21.5. The fourth-order valence-electron chi connectivity index (χ4n) is 3.36. The predicted octanol–water partition coefficient (Wildman–Crippen LogP) is 3.54. The van der Waals surface area contributed by atoms with Crippen LogP contribution in [0.25, 0.3) is 11.4 Å². The van der Waals surface area contributed by atoms with Gasteiger partial charge >= 0.3 is 6.03 Å². The van der Waals surface area contributed by atoms with Crippen molar-refractivity contribution in [2.45, 2.75) is 32.4 Å². The number of hydrogen-bond donors (Lipinski definition) is 1. The third-order valence-electron chi connectivity index (χ3n) is 5.12. The van der Waals surface area contributed by atoms with Gasteiger partial charge in [0.1, 0.15) is 23.7 Å². The fraction of sp³-hybridized carbons (Fsp3) is 0.238. The average molecular weight is 412 g/mol. The van der Waals surface area contributed by atoms with Crippen molar-refractivity contribution in [1.29, 1.82) is 0 Å². The summed E-state index contributed by atoms with van der Waals surface area (Å²) in [5.41, 5.74) is -0.121. The Kier molecular flexibility index (Phi) is 4.81. The molecule has 1 unspecified atom stereocenters. The second-order valence-corrected chi connectivity index (χ2v) is 7.13. The molecule has 1 saturated heterocycles. The van der Waals surface area contributed by atoms with Crippen LogP contribution < -0.4 is 5.32 Å². The number of benzene rings is 2. The Labute approximate surface area is 170 Å². The van der Waals surface area contributed by atoms with Crippen LogP contribution in [-0.4, -0.2) is 27.0 Å². The number of urea groups is 1. The monoisotopic (exact) mass is 412 g/mol. The third-order valence-corrected chi connectivity index (χ3v) is 5.12. The van der Waals surface area contributed by atoms with Gasteiger partial charge in [0.25, 0.3) is 5.91 Å². The van der Waals surface area contributed by atoms with Crippen LogP contribution in [0.15, 0.2) is 47.0 Å². The van der Waals surface area contributed by atoms with Gasteiger partial charge in [-0.1, -0.05) is 36.3 Å². The highest BCUT2D eigenvalue weighted by molar-refractivity contribution is 6.07. The van der Waals surface area contributed by atoms with E-state index in [2.05, 4.69) is 15.5 Å². The Morgan fingerprint density at radius 3 is 2.57 bits per heavy atom. The first-order valence-electron chi connectivity index (χ1n) is 9.33. The number of halogens is 2. The van der Waals surface area contributed by atoms with E-state index in [4.69, 9.17) is 4.52 Å². The summed E-state index contributed by atoms with van der Waals surface area (Å²) in [6.45, 7) is 3.07. The third kappa shape index (κ3) is 3.32. The molecule has 30 heavy (non-hydrogen) atoms. The topological polar surface area (TPSA) is 88.3 Å². The number of carbonyl (C=O) groups is 2. The highest BCUT2D eigenvalue weighted by Crippen LogP contribution is 2.32. The molecule has 3 amide bonds. The van der Waals surface area contributed by atoms with Crippen molar-refractivity contribution >= 4 is 11.9 Å². The lowest BCUT2D eigenvalue weighted by atomic mass is 9.91. The van der Waals surface area contributed by atoms with Crippen LogP contribution in [0.5, 0.6) is 0 Å². The van der Waals surface area contributed by atoms with Gasteiger partial charge in [0.05, 0.1) is 0 Å². The van der Waals surface area contributed by atoms with E-state index >= 15 is 0 Å². The molecule has 0 saturated carbocycles. The van der Waals surface area contributed by atoms with Crippen molar-refractivity contribution in [3.8, 4) is 11.4 Å². The summed E-state index contributed by atoms with van der Waals surface area (Å²) in [4.78, 5) is 30.4. The Balaban J connectivity index is 1.57. The van der Waals surface area contributed by atoms with E-state index in [1.165, 1.54) is 6.92 Å². The number of aryl methyl sites for hydroxylation is 1. The summed E-state index contributed by atoms with van der Waals surface area (Å²) < 4.78 is 33.0. The summed E-state index contributed by atoms with van der Waals surface area (Å²) in [6, 6.07) is 9.57. The summed E-state index contributed by atoms with van der Waals surface area (Å²) >= 11 is 0. The molecule has 1 aliphatic rings. The van der Waals surface area contributed by atoms with Gasteiger partial charge in [-0.05, 0) is 37.1 Å². The molecule has 4 rings (SSSR count). The van der Waals surface area contributed by atoms with E-state index in [1.807, 2.05) is 31.2 Å². The summed E-state index contributed by atoms with van der Waals surface area (Å²) in [5, 5.41) is 6.32. The van der Waals surface area contributed by atoms with E-state index in [-0.39, 0.29) is 18.0 Å². The number of imide groups is 1. The molecule has 0 spiro atoms. The van der Waals surface area contributed by atoms with E-state index < -0.39 is 29.1 Å². The Morgan fingerprint density at radius 1 is 1.13 bits per heavy atom. The molecule has 2 heterocycles. The summed E-state index contributed by atoms with van der Waals surface area (Å²) in [6.07, 6.45) is 0.897. The normalized spacial score (nSPS) is 18.7. The lowest BCUT2D eigenvalue weighted by Gasteiger charge is -2.22. The van der Waals surface area contributed by atoms with E-state index in [9.17, 15) is 18.4 Å². The highest BCUT2D eigenvalue weighted by atomic mass is 19.1. The quantitative estimate of drug-likeness (QED) is 0.648. The van der Waals surface area contributed by atoms with E-state index in [0.717, 1.165) is 40.6 Å². The Hall–Kier alpha value is -3.62. The summed E-state index contributed by atoms with van der Waals surface area (Å²) in [5.74, 6) is -1.91. The maximum atomic E-state index is 14.2.